The topological polar surface area (TPSA) is 74.3 Å². The van der Waals surface area contributed by atoms with E-state index in [2.05, 4.69) is 31.0 Å². The Bertz CT molecular complexity index is 529. The smallest absolute Gasteiger partial charge is 0.302 e. The quantitative estimate of drug-likeness (QED) is 0.853. The number of nitrogens with one attached hydrogen (secondary N) is 2. The maximum atomic E-state index is 12.1. The van der Waals surface area contributed by atoms with Crippen molar-refractivity contribution in [3.63, 3.8) is 0 Å². The molecule has 1 saturated heterocycles. The first-order chi connectivity index (χ1) is 8.49. The molecule has 0 saturated carbocycles. The van der Waals surface area contributed by atoms with Gasteiger partial charge in [0.25, 0.3) is 0 Å². The van der Waals surface area contributed by atoms with E-state index < -0.39 is 10.2 Å². The maximum Gasteiger partial charge on any atom is 0.302 e. The van der Waals surface area contributed by atoms with E-state index in [0.717, 1.165) is 10.2 Å². The van der Waals surface area contributed by atoms with E-state index in [1.807, 2.05) is 6.92 Å². The van der Waals surface area contributed by atoms with Crippen LogP contribution in [0.15, 0.2) is 16.6 Å². The lowest BCUT2D eigenvalue weighted by atomic mass is 10.4. The van der Waals surface area contributed by atoms with Crippen molar-refractivity contribution in [2.45, 2.75) is 6.92 Å². The Labute approximate surface area is 115 Å². The van der Waals surface area contributed by atoms with Crippen molar-refractivity contribution in [3.8, 4) is 0 Å². The normalized spacial score (nSPS) is 17.7. The first kappa shape index (κ1) is 13.7. The predicted molar refractivity (Wildman–Crippen MR) is 73.7 cm³/mol. The van der Waals surface area contributed by atoms with Crippen molar-refractivity contribution in [2.24, 2.45) is 0 Å². The minimum atomic E-state index is -3.50. The summed E-state index contributed by atoms with van der Waals surface area (Å²) in [6.45, 7) is 4.11. The highest BCUT2D eigenvalue weighted by atomic mass is 79.9. The second-order valence-electron chi connectivity index (χ2n) is 4.02. The summed E-state index contributed by atoms with van der Waals surface area (Å²) < 4.78 is 28.9. The van der Waals surface area contributed by atoms with Crippen LogP contribution in [0.5, 0.6) is 0 Å². The Morgan fingerprint density at radius 2 is 2.06 bits per heavy atom. The number of hydrogen-bond acceptors (Lipinski definition) is 4. The summed E-state index contributed by atoms with van der Waals surface area (Å²) in [4.78, 5) is 4.17. The van der Waals surface area contributed by atoms with Gasteiger partial charge in [-0.1, -0.05) is 0 Å². The summed E-state index contributed by atoms with van der Waals surface area (Å²) in [5, 5.41) is 3.11. The van der Waals surface area contributed by atoms with Gasteiger partial charge in [-0.15, -0.1) is 0 Å². The number of piperazine rings is 1. The zero-order valence-electron chi connectivity index (χ0n) is 9.98. The summed E-state index contributed by atoms with van der Waals surface area (Å²) in [5.41, 5.74) is 0.746. The summed E-state index contributed by atoms with van der Waals surface area (Å²) in [5.74, 6) is 0.342. The van der Waals surface area contributed by atoms with Crippen molar-refractivity contribution < 1.29 is 8.42 Å². The molecular formula is C10H15BrN4O2S. The van der Waals surface area contributed by atoms with Crippen LogP contribution in [0.25, 0.3) is 0 Å². The molecule has 0 unspecified atom stereocenters. The third kappa shape index (κ3) is 3.19. The van der Waals surface area contributed by atoms with Crippen molar-refractivity contribution >= 4 is 32.0 Å². The Morgan fingerprint density at radius 3 is 2.67 bits per heavy atom. The average Bonchev–Trinajstić information content (AvgIpc) is 2.35. The van der Waals surface area contributed by atoms with Gasteiger partial charge >= 0.3 is 10.2 Å². The lowest BCUT2D eigenvalue weighted by Crippen LogP contribution is -2.48. The minimum Gasteiger partial charge on any atom is -0.314 e. The van der Waals surface area contributed by atoms with Gasteiger partial charge in [0.2, 0.25) is 0 Å². The molecule has 1 aromatic rings. The fraction of sp³-hybridized carbons (Fsp3) is 0.500. The molecule has 0 spiro atoms. The first-order valence-corrected chi connectivity index (χ1v) is 7.84. The first-order valence-electron chi connectivity index (χ1n) is 5.61. The van der Waals surface area contributed by atoms with Crippen molar-refractivity contribution in [2.75, 3.05) is 30.9 Å². The molecule has 0 atom stereocenters. The van der Waals surface area contributed by atoms with Crippen molar-refractivity contribution in [1.29, 1.82) is 0 Å². The van der Waals surface area contributed by atoms with Crippen LogP contribution < -0.4 is 10.0 Å². The molecule has 0 radical (unpaired) electrons. The number of aromatic nitrogens is 1. The van der Waals surface area contributed by atoms with Gasteiger partial charge in [0.15, 0.2) is 0 Å². The number of pyridine rings is 1. The Kier molecular flexibility index (Phi) is 4.21. The fourth-order valence-corrected chi connectivity index (χ4v) is 3.07. The fourth-order valence-electron chi connectivity index (χ4n) is 1.68. The van der Waals surface area contributed by atoms with E-state index in [4.69, 9.17) is 0 Å². The molecular weight excluding hydrogens is 320 g/mol. The van der Waals surface area contributed by atoms with Gasteiger partial charge in [-0.3, -0.25) is 4.72 Å². The largest absolute Gasteiger partial charge is 0.314 e. The van der Waals surface area contributed by atoms with E-state index in [9.17, 15) is 8.42 Å². The number of hydrogen-bond donors (Lipinski definition) is 2. The molecule has 1 aliphatic rings. The van der Waals surface area contributed by atoms with E-state index in [1.54, 1.807) is 12.1 Å². The van der Waals surface area contributed by atoms with Crippen LogP contribution in [0.1, 0.15) is 5.69 Å². The second kappa shape index (κ2) is 5.52. The monoisotopic (exact) mass is 334 g/mol. The molecule has 100 valence electrons. The van der Waals surface area contributed by atoms with E-state index in [0.29, 0.717) is 32.0 Å². The molecule has 0 bridgehead atoms. The molecule has 2 rings (SSSR count). The number of anilines is 1. The van der Waals surface area contributed by atoms with E-state index >= 15 is 0 Å². The molecule has 0 amide bonds. The highest BCUT2D eigenvalue weighted by molar-refractivity contribution is 9.10. The van der Waals surface area contributed by atoms with Gasteiger partial charge in [-0.25, -0.2) is 4.98 Å². The standard InChI is InChI=1S/C10H15BrN4O2S/c1-8-9(11)2-3-10(13-8)14-18(16,17)15-6-4-12-5-7-15/h2-3,12H,4-7H2,1H3,(H,13,14). The number of aryl methyl sites for hydroxylation is 1. The van der Waals surface area contributed by atoms with Crippen LogP contribution in [0, 0.1) is 6.92 Å². The molecule has 8 heteroatoms. The van der Waals surface area contributed by atoms with Gasteiger partial charge in [-0.2, -0.15) is 12.7 Å². The number of rotatable bonds is 3. The summed E-state index contributed by atoms with van der Waals surface area (Å²) in [6, 6.07) is 3.41. The van der Waals surface area contributed by atoms with Crippen LogP contribution in [0.4, 0.5) is 5.82 Å². The third-order valence-electron chi connectivity index (χ3n) is 2.67. The molecule has 1 aromatic heterocycles. The van der Waals surface area contributed by atoms with Crippen LogP contribution in [0.3, 0.4) is 0 Å². The molecule has 2 N–H and O–H groups in total. The van der Waals surface area contributed by atoms with E-state index in [-0.39, 0.29) is 0 Å². The lowest BCUT2D eigenvalue weighted by molar-refractivity contribution is 0.362. The molecule has 18 heavy (non-hydrogen) atoms. The highest BCUT2D eigenvalue weighted by Crippen LogP contribution is 2.17. The Balaban J connectivity index is 2.13. The SMILES string of the molecule is Cc1nc(NS(=O)(=O)N2CCNCC2)ccc1Br. The molecule has 0 aliphatic carbocycles. The van der Waals surface area contributed by atoms with Gasteiger partial charge in [0, 0.05) is 30.7 Å². The summed E-state index contributed by atoms with van der Waals surface area (Å²) >= 11 is 3.33. The number of halogens is 1. The molecule has 6 nitrogen and oxygen atoms in total. The van der Waals surface area contributed by atoms with Crippen LogP contribution in [0.2, 0.25) is 0 Å². The van der Waals surface area contributed by atoms with E-state index in [1.165, 1.54) is 4.31 Å². The van der Waals surface area contributed by atoms with Crippen LogP contribution >= 0.6 is 15.9 Å². The van der Waals surface area contributed by atoms with Crippen LogP contribution in [-0.4, -0.2) is 43.9 Å². The van der Waals surface area contributed by atoms with Gasteiger partial charge in [0.05, 0.1) is 5.69 Å². The zero-order chi connectivity index (χ0) is 13.2. The maximum absolute atomic E-state index is 12.1. The van der Waals surface area contributed by atoms with Gasteiger partial charge in [-0.05, 0) is 35.0 Å². The van der Waals surface area contributed by atoms with Crippen LogP contribution in [-0.2, 0) is 10.2 Å². The van der Waals surface area contributed by atoms with Gasteiger partial charge in [0.1, 0.15) is 5.82 Å². The summed E-state index contributed by atoms with van der Waals surface area (Å²) in [6.07, 6.45) is 0. The number of nitrogens with zero attached hydrogens (tertiary/aromatic N) is 2. The minimum absolute atomic E-state index is 0.342. The molecule has 1 aliphatic heterocycles. The summed E-state index contributed by atoms with van der Waals surface area (Å²) in [7, 11) is -3.50. The average molecular weight is 335 g/mol. The third-order valence-corrected chi connectivity index (χ3v) is 5.02. The molecule has 0 aromatic carbocycles. The Morgan fingerprint density at radius 1 is 1.39 bits per heavy atom. The zero-order valence-corrected chi connectivity index (χ0v) is 12.4. The second-order valence-corrected chi connectivity index (χ2v) is 6.54. The van der Waals surface area contributed by atoms with Crippen molar-refractivity contribution in [1.82, 2.24) is 14.6 Å². The Hall–Kier alpha value is -0.700. The molecule has 2 heterocycles. The predicted octanol–water partition coefficient (Wildman–Crippen LogP) is 0.714. The molecule has 1 fully saturated rings. The van der Waals surface area contributed by atoms with Crippen molar-refractivity contribution in [3.05, 3.63) is 22.3 Å². The highest BCUT2D eigenvalue weighted by Gasteiger charge is 2.23. The van der Waals surface area contributed by atoms with Gasteiger partial charge < -0.3 is 5.32 Å². The lowest BCUT2D eigenvalue weighted by Gasteiger charge is -2.26.